The average molecular weight is 357 g/mol. The number of hydrogen-bond acceptors (Lipinski definition) is 1. The number of aryl methyl sites for hydroxylation is 1. The molecule has 1 amide bonds. The summed E-state index contributed by atoms with van der Waals surface area (Å²) in [6.45, 7) is 2.00. The fraction of sp³-hybridized carbons (Fsp3) is 0.133. The largest absolute Gasteiger partial charge is 0.348 e. The molecule has 1 N–H and O–H groups in total. The molecule has 0 saturated carbocycles. The molecule has 2 aromatic carbocycles. The first kappa shape index (κ1) is 15.0. The van der Waals surface area contributed by atoms with Gasteiger partial charge in [-0.2, -0.15) is 0 Å². The van der Waals surface area contributed by atoms with Gasteiger partial charge >= 0.3 is 0 Å². The highest BCUT2D eigenvalue weighted by atomic mass is 79.9. The number of amides is 1. The summed E-state index contributed by atoms with van der Waals surface area (Å²) in [4.78, 5) is 12.0. The van der Waals surface area contributed by atoms with E-state index in [4.69, 9.17) is 11.6 Å². The molecule has 0 radical (unpaired) electrons. The third-order valence-electron chi connectivity index (χ3n) is 2.82. The lowest BCUT2D eigenvalue weighted by Crippen LogP contribution is -2.23. The number of nitrogens with one attached hydrogen (secondary N) is 1. The Kier molecular flexibility index (Phi) is 4.78. The van der Waals surface area contributed by atoms with Gasteiger partial charge in [0.2, 0.25) is 0 Å². The van der Waals surface area contributed by atoms with Crippen LogP contribution >= 0.6 is 27.5 Å². The van der Waals surface area contributed by atoms with E-state index in [2.05, 4.69) is 21.2 Å². The van der Waals surface area contributed by atoms with Crippen molar-refractivity contribution in [2.24, 2.45) is 0 Å². The number of halogens is 3. The van der Waals surface area contributed by atoms with Crippen LogP contribution in [0.4, 0.5) is 4.39 Å². The maximum Gasteiger partial charge on any atom is 0.253 e. The first-order valence-corrected chi connectivity index (χ1v) is 7.13. The van der Waals surface area contributed by atoms with Gasteiger partial charge in [0.05, 0.1) is 10.6 Å². The normalized spacial score (nSPS) is 10.4. The SMILES string of the molecule is Cc1ccc(C(=O)NCc2cc(Br)ccc2F)c(Cl)c1. The molecule has 0 saturated heterocycles. The number of carbonyl (C=O) groups is 1. The molecule has 0 spiro atoms. The van der Waals surface area contributed by atoms with Crippen molar-refractivity contribution < 1.29 is 9.18 Å². The van der Waals surface area contributed by atoms with E-state index in [1.54, 1.807) is 30.3 Å². The van der Waals surface area contributed by atoms with Crippen molar-refractivity contribution in [3.8, 4) is 0 Å². The topological polar surface area (TPSA) is 29.1 Å². The Morgan fingerprint density at radius 1 is 1.30 bits per heavy atom. The zero-order valence-electron chi connectivity index (χ0n) is 10.7. The molecule has 5 heteroatoms. The van der Waals surface area contributed by atoms with Crippen LogP contribution in [0.15, 0.2) is 40.9 Å². The van der Waals surface area contributed by atoms with Crippen molar-refractivity contribution in [2.45, 2.75) is 13.5 Å². The van der Waals surface area contributed by atoms with Gasteiger partial charge in [0.15, 0.2) is 0 Å². The van der Waals surface area contributed by atoms with E-state index in [0.29, 0.717) is 16.1 Å². The smallest absolute Gasteiger partial charge is 0.253 e. The summed E-state index contributed by atoms with van der Waals surface area (Å²) < 4.78 is 14.3. The van der Waals surface area contributed by atoms with E-state index >= 15 is 0 Å². The second-order valence-corrected chi connectivity index (χ2v) is 5.72. The molecule has 0 bridgehead atoms. The molecule has 0 atom stereocenters. The van der Waals surface area contributed by atoms with Crippen molar-refractivity contribution in [3.63, 3.8) is 0 Å². The average Bonchev–Trinajstić information content (AvgIpc) is 2.39. The Morgan fingerprint density at radius 2 is 2.05 bits per heavy atom. The first-order valence-electron chi connectivity index (χ1n) is 5.95. The highest BCUT2D eigenvalue weighted by Crippen LogP contribution is 2.18. The summed E-state index contributed by atoms with van der Waals surface area (Å²) in [5, 5.41) is 3.05. The summed E-state index contributed by atoms with van der Waals surface area (Å²) in [5.41, 5.74) is 1.77. The van der Waals surface area contributed by atoms with Gasteiger partial charge in [-0.1, -0.05) is 33.6 Å². The standard InChI is InChI=1S/C15H12BrClFNO/c1-9-2-4-12(13(17)6-9)15(20)19-8-10-7-11(16)3-5-14(10)18/h2-7H,8H2,1H3,(H,19,20). The van der Waals surface area contributed by atoms with E-state index in [1.807, 2.05) is 6.92 Å². The van der Waals surface area contributed by atoms with E-state index in [1.165, 1.54) is 6.07 Å². The predicted octanol–water partition coefficient (Wildman–Crippen LogP) is 4.48. The minimum Gasteiger partial charge on any atom is -0.348 e. The minimum atomic E-state index is -0.358. The van der Waals surface area contributed by atoms with Crippen LogP contribution in [-0.2, 0) is 6.54 Å². The van der Waals surface area contributed by atoms with E-state index in [0.717, 1.165) is 10.0 Å². The van der Waals surface area contributed by atoms with E-state index in [-0.39, 0.29) is 18.3 Å². The molecule has 0 heterocycles. The second-order valence-electron chi connectivity index (χ2n) is 4.40. The van der Waals surface area contributed by atoms with Crippen LogP contribution in [0.1, 0.15) is 21.5 Å². The molecule has 0 unspecified atom stereocenters. The molecular formula is C15H12BrClFNO. The molecule has 0 aliphatic rings. The molecule has 0 aliphatic carbocycles. The number of rotatable bonds is 3. The molecule has 0 aliphatic heterocycles. The summed E-state index contributed by atoms with van der Waals surface area (Å²) >= 11 is 9.29. The fourth-order valence-corrected chi connectivity index (χ4v) is 2.48. The second kappa shape index (κ2) is 6.37. The molecule has 2 rings (SSSR count). The Hall–Kier alpha value is -1.39. The summed E-state index contributed by atoms with van der Waals surface area (Å²) in [5.74, 6) is -0.683. The highest BCUT2D eigenvalue weighted by molar-refractivity contribution is 9.10. The maximum atomic E-state index is 13.6. The Balaban J connectivity index is 2.10. The number of carbonyl (C=O) groups excluding carboxylic acids is 1. The van der Waals surface area contributed by atoms with E-state index < -0.39 is 0 Å². The molecule has 20 heavy (non-hydrogen) atoms. The van der Waals surface area contributed by atoms with Crippen LogP contribution in [-0.4, -0.2) is 5.91 Å². The van der Waals surface area contributed by atoms with Crippen LogP contribution in [0.5, 0.6) is 0 Å². The van der Waals surface area contributed by atoms with Crippen LogP contribution in [0, 0.1) is 12.7 Å². The number of hydrogen-bond donors (Lipinski definition) is 1. The predicted molar refractivity (Wildman–Crippen MR) is 81.5 cm³/mol. The van der Waals surface area contributed by atoms with Crippen LogP contribution in [0.3, 0.4) is 0 Å². The molecular weight excluding hydrogens is 345 g/mol. The fourth-order valence-electron chi connectivity index (χ4n) is 1.75. The third kappa shape index (κ3) is 3.58. The summed E-state index contributed by atoms with van der Waals surface area (Å²) in [6, 6.07) is 9.77. The van der Waals surface area contributed by atoms with E-state index in [9.17, 15) is 9.18 Å². The van der Waals surface area contributed by atoms with Gasteiger partial charge in [0.25, 0.3) is 5.91 Å². The maximum absolute atomic E-state index is 13.6. The molecule has 2 nitrogen and oxygen atoms in total. The lowest BCUT2D eigenvalue weighted by Gasteiger charge is -2.08. The van der Waals surface area contributed by atoms with Crippen LogP contribution < -0.4 is 5.32 Å². The minimum absolute atomic E-state index is 0.105. The van der Waals surface area contributed by atoms with Crippen LogP contribution in [0.25, 0.3) is 0 Å². The van der Waals surface area contributed by atoms with Crippen molar-refractivity contribution in [3.05, 3.63) is 68.4 Å². The van der Waals surface area contributed by atoms with Crippen molar-refractivity contribution >= 4 is 33.4 Å². The van der Waals surface area contributed by atoms with Crippen molar-refractivity contribution in [2.75, 3.05) is 0 Å². The van der Waals surface area contributed by atoms with Crippen molar-refractivity contribution in [1.29, 1.82) is 0 Å². The zero-order chi connectivity index (χ0) is 14.7. The van der Waals surface area contributed by atoms with Gasteiger partial charge in [-0.05, 0) is 42.8 Å². The molecule has 2 aromatic rings. The van der Waals surface area contributed by atoms with Gasteiger partial charge in [-0.15, -0.1) is 0 Å². The first-order chi connectivity index (χ1) is 9.47. The molecule has 0 fully saturated rings. The Bertz CT molecular complexity index is 660. The monoisotopic (exact) mass is 355 g/mol. The lowest BCUT2D eigenvalue weighted by atomic mass is 10.1. The third-order valence-corrected chi connectivity index (χ3v) is 3.62. The highest BCUT2D eigenvalue weighted by Gasteiger charge is 2.11. The van der Waals surface area contributed by atoms with Gasteiger partial charge < -0.3 is 5.32 Å². The summed E-state index contributed by atoms with van der Waals surface area (Å²) in [7, 11) is 0. The van der Waals surface area contributed by atoms with Crippen LogP contribution in [0.2, 0.25) is 5.02 Å². The zero-order valence-corrected chi connectivity index (χ0v) is 13.1. The van der Waals surface area contributed by atoms with Gasteiger partial charge in [-0.3, -0.25) is 4.79 Å². The quantitative estimate of drug-likeness (QED) is 0.863. The van der Waals surface area contributed by atoms with Gasteiger partial charge in [0.1, 0.15) is 5.82 Å². The van der Waals surface area contributed by atoms with Crippen molar-refractivity contribution in [1.82, 2.24) is 5.32 Å². The molecule has 0 aromatic heterocycles. The lowest BCUT2D eigenvalue weighted by molar-refractivity contribution is 0.0951. The number of benzene rings is 2. The van der Waals surface area contributed by atoms with Gasteiger partial charge in [-0.25, -0.2) is 4.39 Å². The Morgan fingerprint density at radius 3 is 2.75 bits per heavy atom. The molecule has 104 valence electrons. The summed E-state index contributed by atoms with van der Waals surface area (Å²) in [6.07, 6.45) is 0. The van der Waals surface area contributed by atoms with Gasteiger partial charge in [0, 0.05) is 16.6 Å². The Labute approximate surface area is 130 Å².